The molecule has 0 amide bonds. The molecular formula is C12H21N7. The predicted octanol–water partition coefficient (Wildman–Crippen LogP) is 0.782. The van der Waals surface area contributed by atoms with E-state index in [1.807, 2.05) is 14.0 Å². The van der Waals surface area contributed by atoms with E-state index in [4.69, 9.17) is 0 Å². The fourth-order valence-corrected chi connectivity index (χ4v) is 1.80. The molecule has 2 rings (SSSR count). The normalized spacial score (nSPS) is 11.2. The second kappa shape index (κ2) is 5.83. The summed E-state index contributed by atoms with van der Waals surface area (Å²) in [5.74, 6) is 1.53. The third-order valence-corrected chi connectivity index (χ3v) is 2.87. The van der Waals surface area contributed by atoms with Crippen molar-refractivity contribution >= 4 is 22.8 Å². The molecule has 0 saturated carbocycles. The number of H-pyrrole nitrogens is 1. The molecule has 0 aliphatic carbocycles. The van der Waals surface area contributed by atoms with Crippen molar-refractivity contribution in [1.82, 2.24) is 25.1 Å². The number of hydrogen-bond acceptors (Lipinski definition) is 6. The SMILES string of the molecule is CCNc1nc(N(C)CCN(C)C)c2cn[nH]c2n1. The molecule has 7 heteroatoms. The molecule has 7 nitrogen and oxygen atoms in total. The van der Waals surface area contributed by atoms with Crippen LogP contribution in [0.1, 0.15) is 6.92 Å². The molecule has 0 aromatic carbocycles. The van der Waals surface area contributed by atoms with Gasteiger partial charge in [-0.3, -0.25) is 5.10 Å². The zero-order valence-corrected chi connectivity index (χ0v) is 11.9. The van der Waals surface area contributed by atoms with Gasteiger partial charge in [-0.15, -0.1) is 0 Å². The molecule has 104 valence electrons. The van der Waals surface area contributed by atoms with Crippen LogP contribution in [0.3, 0.4) is 0 Å². The van der Waals surface area contributed by atoms with Gasteiger partial charge in [0, 0.05) is 26.7 Å². The number of anilines is 2. The Morgan fingerprint density at radius 2 is 2.00 bits per heavy atom. The Hall–Kier alpha value is -1.89. The monoisotopic (exact) mass is 263 g/mol. The van der Waals surface area contributed by atoms with Crippen molar-refractivity contribution in [3.8, 4) is 0 Å². The Labute approximate surface area is 113 Å². The van der Waals surface area contributed by atoms with Gasteiger partial charge in [0.2, 0.25) is 5.95 Å². The Morgan fingerprint density at radius 1 is 1.21 bits per heavy atom. The second-order valence-corrected chi connectivity index (χ2v) is 4.76. The minimum absolute atomic E-state index is 0.631. The number of nitrogens with zero attached hydrogens (tertiary/aromatic N) is 5. The number of aromatic nitrogens is 4. The van der Waals surface area contributed by atoms with Crippen LogP contribution in [0.15, 0.2) is 6.20 Å². The largest absolute Gasteiger partial charge is 0.358 e. The first-order valence-electron chi connectivity index (χ1n) is 6.42. The maximum Gasteiger partial charge on any atom is 0.226 e. The van der Waals surface area contributed by atoms with Crippen LogP contribution in [-0.4, -0.2) is 65.8 Å². The second-order valence-electron chi connectivity index (χ2n) is 4.76. The summed E-state index contributed by atoms with van der Waals surface area (Å²) in [7, 11) is 6.16. The van der Waals surface area contributed by atoms with E-state index in [0.29, 0.717) is 5.95 Å². The minimum Gasteiger partial charge on any atom is -0.358 e. The molecule has 2 N–H and O–H groups in total. The summed E-state index contributed by atoms with van der Waals surface area (Å²) in [5.41, 5.74) is 0.762. The van der Waals surface area contributed by atoms with Gasteiger partial charge < -0.3 is 15.1 Å². The molecule has 0 fully saturated rings. The summed E-state index contributed by atoms with van der Waals surface area (Å²) in [5, 5.41) is 11.0. The van der Waals surface area contributed by atoms with Gasteiger partial charge in [0.15, 0.2) is 5.65 Å². The van der Waals surface area contributed by atoms with Crippen molar-refractivity contribution in [3.63, 3.8) is 0 Å². The molecule has 0 radical (unpaired) electrons. The average molecular weight is 263 g/mol. The van der Waals surface area contributed by atoms with Crippen molar-refractivity contribution in [2.45, 2.75) is 6.92 Å². The van der Waals surface area contributed by atoms with Gasteiger partial charge in [-0.25, -0.2) is 0 Å². The Bertz CT molecular complexity index is 534. The van der Waals surface area contributed by atoms with Gasteiger partial charge in [-0.1, -0.05) is 0 Å². The van der Waals surface area contributed by atoms with E-state index in [9.17, 15) is 0 Å². The molecule has 0 aliphatic rings. The van der Waals surface area contributed by atoms with Crippen LogP contribution >= 0.6 is 0 Å². The molecule has 0 unspecified atom stereocenters. The summed E-state index contributed by atoms with van der Waals surface area (Å²) in [6.07, 6.45) is 1.77. The maximum atomic E-state index is 4.57. The number of rotatable bonds is 6. The van der Waals surface area contributed by atoms with Gasteiger partial charge in [-0.05, 0) is 21.0 Å². The van der Waals surface area contributed by atoms with E-state index in [1.54, 1.807) is 6.20 Å². The summed E-state index contributed by atoms with van der Waals surface area (Å²) in [6.45, 7) is 4.68. The van der Waals surface area contributed by atoms with Crippen molar-refractivity contribution in [2.75, 3.05) is 51.0 Å². The predicted molar refractivity (Wildman–Crippen MR) is 77.7 cm³/mol. The quantitative estimate of drug-likeness (QED) is 0.802. The van der Waals surface area contributed by atoms with Crippen LogP contribution < -0.4 is 10.2 Å². The molecule has 0 saturated heterocycles. The third kappa shape index (κ3) is 3.11. The number of nitrogens with one attached hydrogen (secondary N) is 2. The van der Waals surface area contributed by atoms with Crippen LogP contribution in [0.2, 0.25) is 0 Å². The Morgan fingerprint density at radius 3 is 2.68 bits per heavy atom. The van der Waals surface area contributed by atoms with Gasteiger partial charge in [-0.2, -0.15) is 15.1 Å². The zero-order chi connectivity index (χ0) is 13.8. The van der Waals surface area contributed by atoms with Gasteiger partial charge in [0.1, 0.15) is 5.82 Å². The molecular weight excluding hydrogens is 242 g/mol. The van der Waals surface area contributed by atoms with Crippen molar-refractivity contribution in [3.05, 3.63) is 6.20 Å². The number of hydrogen-bond donors (Lipinski definition) is 2. The van der Waals surface area contributed by atoms with Crippen molar-refractivity contribution in [1.29, 1.82) is 0 Å². The summed E-state index contributed by atoms with van der Waals surface area (Å²) in [6, 6.07) is 0. The minimum atomic E-state index is 0.631. The van der Waals surface area contributed by atoms with Crippen molar-refractivity contribution in [2.24, 2.45) is 0 Å². The first kappa shape index (κ1) is 13.5. The lowest BCUT2D eigenvalue weighted by atomic mass is 10.3. The fourth-order valence-electron chi connectivity index (χ4n) is 1.80. The van der Waals surface area contributed by atoms with Crippen LogP contribution in [0, 0.1) is 0 Å². The van der Waals surface area contributed by atoms with Gasteiger partial charge in [0.25, 0.3) is 0 Å². The van der Waals surface area contributed by atoms with E-state index < -0.39 is 0 Å². The first-order chi connectivity index (χ1) is 9.11. The highest BCUT2D eigenvalue weighted by atomic mass is 15.3. The Kier molecular flexibility index (Phi) is 4.16. The fraction of sp³-hybridized carbons (Fsp3) is 0.583. The highest BCUT2D eigenvalue weighted by Gasteiger charge is 2.13. The van der Waals surface area contributed by atoms with E-state index in [2.05, 4.69) is 49.4 Å². The molecule has 2 aromatic heterocycles. The topological polar surface area (TPSA) is 73.0 Å². The zero-order valence-electron chi connectivity index (χ0n) is 11.9. The van der Waals surface area contributed by atoms with Crippen molar-refractivity contribution < 1.29 is 0 Å². The van der Waals surface area contributed by atoms with Gasteiger partial charge >= 0.3 is 0 Å². The summed E-state index contributed by atoms with van der Waals surface area (Å²) >= 11 is 0. The van der Waals surface area contributed by atoms with E-state index in [1.165, 1.54) is 0 Å². The van der Waals surface area contributed by atoms with Gasteiger partial charge in [0.05, 0.1) is 11.6 Å². The molecule has 0 bridgehead atoms. The summed E-state index contributed by atoms with van der Waals surface area (Å²) in [4.78, 5) is 13.2. The number of aromatic amines is 1. The first-order valence-corrected chi connectivity index (χ1v) is 6.42. The number of likely N-dealkylation sites (N-methyl/N-ethyl adjacent to an activating group) is 2. The van der Waals surface area contributed by atoms with E-state index >= 15 is 0 Å². The lowest BCUT2D eigenvalue weighted by molar-refractivity contribution is 0.416. The molecule has 0 spiro atoms. The summed E-state index contributed by atoms with van der Waals surface area (Å²) < 4.78 is 0. The molecule has 2 heterocycles. The number of fused-ring (bicyclic) bond motifs is 1. The highest BCUT2D eigenvalue weighted by Crippen LogP contribution is 2.22. The molecule has 0 atom stereocenters. The molecule has 19 heavy (non-hydrogen) atoms. The van der Waals surface area contributed by atoms with Crippen LogP contribution in [-0.2, 0) is 0 Å². The highest BCUT2D eigenvalue weighted by molar-refractivity contribution is 5.87. The standard InChI is InChI=1S/C12H21N7/c1-5-13-12-15-10-9(8-14-17-10)11(16-12)19(4)7-6-18(2)3/h8H,5-7H2,1-4H3,(H2,13,14,15,16,17). The average Bonchev–Trinajstić information content (AvgIpc) is 2.83. The van der Waals surface area contributed by atoms with Crippen LogP contribution in [0.25, 0.3) is 11.0 Å². The Balaban J connectivity index is 2.31. The van der Waals surface area contributed by atoms with E-state index in [0.717, 1.165) is 36.5 Å². The smallest absolute Gasteiger partial charge is 0.226 e. The van der Waals surface area contributed by atoms with Crippen LogP contribution in [0.5, 0.6) is 0 Å². The lowest BCUT2D eigenvalue weighted by Gasteiger charge is -2.21. The van der Waals surface area contributed by atoms with E-state index in [-0.39, 0.29) is 0 Å². The third-order valence-electron chi connectivity index (χ3n) is 2.87. The lowest BCUT2D eigenvalue weighted by Crippen LogP contribution is -2.29. The van der Waals surface area contributed by atoms with Crippen LogP contribution in [0.4, 0.5) is 11.8 Å². The molecule has 0 aliphatic heterocycles. The maximum absolute atomic E-state index is 4.57. The molecule has 2 aromatic rings.